The Bertz CT molecular complexity index is 403. The zero-order chi connectivity index (χ0) is 12.8. The molecule has 98 valence electrons. The van der Waals surface area contributed by atoms with E-state index in [0.717, 1.165) is 19.5 Å². The van der Waals surface area contributed by atoms with Crippen LogP contribution in [0.4, 0.5) is 5.69 Å². The summed E-state index contributed by atoms with van der Waals surface area (Å²) in [6.45, 7) is 2.80. The van der Waals surface area contributed by atoms with Gasteiger partial charge in [-0.15, -0.1) is 0 Å². The molecule has 1 saturated heterocycles. The topological polar surface area (TPSA) is 64.4 Å². The van der Waals surface area contributed by atoms with Crippen LogP contribution in [0, 0.1) is 16.0 Å². The van der Waals surface area contributed by atoms with Crippen LogP contribution in [0.25, 0.3) is 0 Å². The van der Waals surface area contributed by atoms with Gasteiger partial charge in [0.05, 0.1) is 17.6 Å². The second-order valence-electron chi connectivity index (χ2n) is 4.58. The Morgan fingerprint density at radius 2 is 2.17 bits per heavy atom. The highest BCUT2D eigenvalue weighted by Gasteiger charge is 2.13. The Kier molecular flexibility index (Phi) is 4.52. The van der Waals surface area contributed by atoms with Gasteiger partial charge in [-0.1, -0.05) is 6.07 Å². The second-order valence-corrected chi connectivity index (χ2v) is 4.58. The highest BCUT2D eigenvalue weighted by atomic mass is 16.6. The number of piperidine rings is 1. The van der Waals surface area contributed by atoms with E-state index in [1.165, 1.54) is 25.0 Å². The zero-order valence-electron chi connectivity index (χ0n) is 10.3. The van der Waals surface area contributed by atoms with Gasteiger partial charge in [0, 0.05) is 6.07 Å². The molecule has 1 aliphatic rings. The van der Waals surface area contributed by atoms with Gasteiger partial charge in [0.2, 0.25) is 0 Å². The van der Waals surface area contributed by atoms with Crippen LogP contribution in [0.15, 0.2) is 24.3 Å². The van der Waals surface area contributed by atoms with E-state index in [-0.39, 0.29) is 5.69 Å². The van der Waals surface area contributed by atoms with Crippen molar-refractivity contribution in [3.05, 3.63) is 34.4 Å². The molecule has 1 aromatic rings. The molecule has 0 amide bonds. The van der Waals surface area contributed by atoms with E-state index in [1.54, 1.807) is 12.1 Å². The number of nitrogens with one attached hydrogen (secondary N) is 1. The van der Waals surface area contributed by atoms with E-state index in [0.29, 0.717) is 18.3 Å². The van der Waals surface area contributed by atoms with Gasteiger partial charge < -0.3 is 10.1 Å². The molecule has 0 atom stereocenters. The van der Waals surface area contributed by atoms with Crippen LogP contribution >= 0.6 is 0 Å². The van der Waals surface area contributed by atoms with E-state index < -0.39 is 4.92 Å². The van der Waals surface area contributed by atoms with Gasteiger partial charge in [-0.25, -0.2) is 0 Å². The number of ether oxygens (including phenoxy) is 1. The number of nitro benzene ring substituents is 1. The van der Waals surface area contributed by atoms with E-state index in [4.69, 9.17) is 4.74 Å². The fourth-order valence-electron chi connectivity index (χ4n) is 2.20. The number of benzene rings is 1. The lowest BCUT2D eigenvalue weighted by Crippen LogP contribution is -2.28. The minimum absolute atomic E-state index is 0.0781. The van der Waals surface area contributed by atoms with Crippen molar-refractivity contribution in [2.24, 2.45) is 5.92 Å². The van der Waals surface area contributed by atoms with E-state index in [1.807, 2.05) is 0 Å². The Balaban J connectivity index is 1.78. The molecule has 1 aliphatic heterocycles. The molecule has 0 saturated carbocycles. The molecule has 0 aromatic heterocycles. The van der Waals surface area contributed by atoms with Gasteiger partial charge in [-0.3, -0.25) is 10.1 Å². The highest BCUT2D eigenvalue weighted by molar-refractivity contribution is 5.37. The molecule has 5 heteroatoms. The second kappa shape index (κ2) is 6.35. The number of non-ortho nitro benzene ring substituents is 1. The predicted octanol–water partition coefficient (Wildman–Crippen LogP) is 2.36. The fourth-order valence-corrected chi connectivity index (χ4v) is 2.20. The largest absolute Gasteiger partial charge is 0.493 e. The normalized spacial score (nSPS) is 16.4. The average Bonchev–Trinajstić information content (AvgIpc) is 2.40. The first kappa shape index (κ1) is 12.8. The average molecular weight is 250 g/mol. The number of nitrogens with zero attached hydrogens (tertiary/aromatic N) is 1. The molecule has 0 unspecified atom stereocenters. The number of rotatable bonds is 5. The number of nitro groups is 1. The summed E-state index contributed by atoms with van der Waals surface area (Å²) in [4.78, 5) is 10.2. The van der Waals surface area contributed by atoms with Gasteiger partial charge in [0.15, 0.2) is 0 Å². The van der Waals surface area contributed by atoms with Crippen molar-refractivity contribution in [2.45, 2.75) is 19.3 Å². The first-order valence-electron chi connectivity index (χ1n) is 6.33. The lowest BCUT2D eigenvalue weighted by molar-refractivity contribution is -0.384. The van der Waals surface area contributed by atoms with Gasteiger partial charge in [0.25, 0.3) is 5.69 Å². The third kappa shape index (κ3) is 3.70. The van der Waals surface area contributed by atoms with Crippen molar-refractivity contribution in [1.82, 2.24) is 5.32 Å². The Morgan fingerprint density at radius 1 is 1.39 bits per heavy atom. The van der Waals surface area contributed by atoms with E-state index in [2.05, 4.69) is 5.32 Å². The molecule has 5 nitrogen and oxygen atoms in total. The summed E-state index contributed by atoms with van der Waals surface area (Å²) in [5.41, 5.74) is 0.0781. The smallest absolute Gasteiger partial charge is 0.273 e. The Hall–Kier alpha value is -1.62. The quantitative estimate of drug-likeness (QED) is 0.643. The monoisotopic (exact) mass is 250 g/mol. The van der Waals surface area contributed by atoms with Gasteiger partial charge in [-0.2, -0.15) is 0 Å². The molecule has 0 bridgehead atoms. The summed E-state index contributed by atoms with van der Waals surface area (Å²) in [6.07, 6.45) is 3.40. The molecule has 1 fully saturated rings. The fraction of sp³-hybridized carbons (Fsp3) is 0.538. The molecule has 0 aliphatic carbocycles. The summed E-state index contributed by atoms with van der Waals surface area (Å²) in [5, 5.41) is 13.9. The standard InChI is InChI=1S/C13H18N2O3/c16-15(17)12-2-1-3-13(10-12)18-9-6-11-4-7-14-8-5-11/h1-3,10-11,14H,4-9H2. The maximum atomic E-state index is 10.6. The van der Waals surface area contributed by atoms with Crippen molar-refractivity contribution in [3.63, 3.8) is 0 Å². The lowest BCUT2D eigenvalue weighted by atomic mass is 9.95. The lowest BCUT2D eigenvalue weighted by Gasteiger charge is -2.22. The Labute approximate surface area is 106 Å². The van der Waals surface area contributed by atoms with Crippen molar-refractivity contribution in [2.75, 3.05) is 19.7 Å². The minimum atomic E-state index is -0.403. The third-order valence-electron chi connectivity index (χ3n) is 3.28. The molecule has 1 N–H and O–H groups in total. The van der Waals surface area contributed by atoms with E-state index >= 15 is 0 Å². The van der Waals surface area contributed by atoms with Gasteiger partial charge in [-0.05, 0) is 44.3 Å². The van der Waals surface area contributed by atoms with Gasteiger partial charge >= 0.3 is 0 Å². The van der Waals surface area contributed by atoms with Crippen molar-refractivity contribution in [3.8, 4) is 5.75 Å². The summed E-state index contributed by atoms with van der Waals surface area (Å²) < 4.78 is 5.57. The summed E-state index contributed by atoms with van der Waals surface area (Å²) in [6, 6.07) is 6.36. The van der Waals surface area contributed by atoms with Crippen LogP contribution in [0.1, 0.15) is 19.3 Å². The van der Waals surface area contributed by atoms with Crippen LogP contribution in [0.2, 0.25) is 0 Å². The minimum Gasteiger partial charge on any atom is -0.493 e. The maximum absolute atomic E-state index is 10.6. The number of hydrogen-bond donors (Lipinski definition) is 1. The summed E-state index contributed by atoms with van der Waals surface area (Å²) in [5.74, 6) is 1.29. The van der Waals surface area contributed by atoms with Crippen molar-refractivity contribution in [1.29, 1.82) is 0 Å². The third-order valence-corrected chi connectivity index (χ3v) is 3.28. The molecule has 1 heterocycles. The highest BCUT2D eigenvalue weighted by Crippen LogP contribution is 2.21. The molecule has 2 rings (SSSR count). The first-order chi connectivity index (χ1) is 8.75. The molecule has 0 radical (unpaired) electrons. The Morgan fingerprint density at radius 3 is 2.89 bits per heavy atom. The van der Waals surface area contributed by atoms with E-state index in [9.17, 15) is 10.1 Å². The van der Waals surface area contributed by atoms with Crippen molar-refractivity contribution < 1.29 is 9.66 Å². The molecule has 18 heavy (non-hydrogen) atoms. The summed E-state index contributed by atoms with van der Waals surface area (Å²) >= 11 is 0. The van der Waals surface area contributed by atoms with Crippen LogP contribution in [0.3, 0.4) is 0 Å². The molecule has 1 aromatic carbocycles. The van der Waals surface area contributed by atoms with Crippen LogP contribution in [0.5, 0.6) is 5.75 Å². The first-order valence-corrected chi connectivity index (χ1v) is 6.33. The SMILES string of the molecule is O=[N+]([O-])c1cccc(OCCC2CCNCC2)c1. The molecular weight excluding hydrogens is 232 g/mol. The maximum Gasteiger partial charge on any atom is 0.273 e. The van der Waals surface area contributed by atoms with Gasteiger partial charge in [0.1, 0.15) is 5.75 Å². The van der Waals surface area contributed by atoms with Crippen LogP contribution < -0.4 is 10.1 Å². The summed E-state index contributed by atoms with van der Waals surface area (Å²) in [7, 11) is 0. The molecule has 0 spiro atoms. The van der Waals surface area contributed by atoms with Crippen molar-refractivity contribution >= 4 is 5.69 Å². The zero-order valence-corrected chi connectivity index (χ0v) is 10.3. The van der Waals surface area contributed by atoms with Crippen LogP contribution in [-0.4, -0.2) is 24.6 Å². The van der Waals surface area contributed by atoms with Crippen LogP contribution in [-0.2, 0) is 0 Å². The predicted molar refractivity (Wildman–Crippen MR) is 68.8 cm³/mol. The molecular formula is C13H18N2O3. The number of hydrogen-bond acceptors (Lipinski definition) is 4.